The third-order valence-corrected chi connectivity index (χ3v) is 19.1. The highest BCUT2D eigenvalue weighted by Gasteiger charge is 2.76. The molecule has 1 aromatic rings. The maximum atomic E-state index is 13.5. The number of allylic oxidation sites excluding steroid dienone is 8. The Kier molecular flexibility index (Phi) is 11.2. The van der Waals surface area contributed by atoms with E-state index < -0.39 is 77.1 Å². The van der Waals surface area contributed by atoms with Gasteiger partial charge in [-0.05, 0) is 105 Å². The van der Waals surface area contributed by atoms with Crippen molar-refractivity contribution in [3.63, 3.8) is 0 Å². The van der Waals surface area contributed by atoms with E-state index in [-0.39, 0.29) is 71.1 Å². The van der Waals surface area contributed by atoms with Gasteiger partial charge in [-0.15, -0.1) is 0 Å². The molecular weight excluding hydrogens is 872 g/mol. The second-order valence-electron chi connectivity index (χ2n) is 21.0. The van der Waals surface area contributed by atoms with Crippen LogP contribution in [0.5, 0.6) is 0 Å². The van der Waals surface area contributed by atoms with Crippen molar-refractivity contribution in [2.24, 2.45) is 57.2 Å². The summed E-state index contributed by atoms with van der Waals surface area (Å²) < 4.78 is 13.1. The summed E-state index contributed by atoms with van der Waals surface area (Å²) in [6.45, 7) is 6.52. The van der Waals surface area contributed by atoms with Gasteiger partial charge in [0.05, 0.1) is 24.4 Å². The van der Waals surface area contributed by atoms with E-state index >= 15 is 0 Å². The molecule has 7 fully saturated rings. The fourth-order valence-electron chi connectivity index (χ4n) is 15.6. The van der Waals surface area contributed by atoms with Gasteiger partial charge < -0.3 is 40.1 Å². The van der Waals surface area contributed by atoms with Crippen molar-refractivity contribution >= 4 is 39.1 Å². The zero-order valence-electron chi connectivity index (χ0n) is 36.4. The largest absolute Gasteiger partial charge is 0.393 e. The van der Waals surface area contributed by atoms with Gasteiger partial charge in [-0.1, -0.05) is 91.2 Å². The molecule has 10 rings (SSSR count). The van der Waals surface area contributed by atoms with Gasteiger partial charge in [0.1, 0.15) is 13.2 Å². The van der Waals surface area contributed by atoms with E-state index in [4.69, 9.17) is 9.47 Å². The number of benzene rings is 1. The Morgan fingerprint density at radius 3 is 1.76 bits per heavy atom. The first-order valence-corrected chi connectivity index (χ1v) is 23.8. The van der Waals surface area contributed by atoms with E-state index in [0.717, 1.165) is 53.3 Å². The van der Waals surface area contributed by atoms with Gasteiger partial charge in [-0.3, -0.25) is 19.2 Å². The molecule has 0 radical (unpaired) electrons. The Balaban J connectivity index is 0.000000167. The Labute approximate surface area is 376 Å². The first kappa shape index (κ1) is 45.2. The topological polar surface area (TPSA) is 208 Å². The number of aliphatic hydroxyl groups is 6. The molecule has 0 spiro atoms. The van der Waals surface area contributed by atoms with Crippen LogP contribution >= 0.6 is 15.9 Å². The fraction of sp³-hybridized carbons (Fsp3) is 0.640. The molecule has 1 heterocycles. The summed E-state index contributed by atoms with van der Waals surface area (Å²) in [6.07, 6.45) is 11.1. The smallest absolute Gasteiger partial charge is 0.193 e. The van der Waals surface area contributed by atoms with E-state index in [2.05, 4.69) is 29.8 Å². The minimum atomic E-state index is -2.05. The molecule has 1 aliphatic heterocycles. The fourth-order valence-corrected chi connectivity index (χ4v) is 15.9. The van der Waals surface area contributed by atoms with Gasteiger partial charge >= 0.3 is 0 Å². The lowest BCUT2D eigenvalue weighted by atomic mass is 9.46. The highest BCUT2D eigenvalue weighted by molar-refractivity contribution is 9.08. The molecule has 12 nitrogen and oxygen atoms in total. The van der Waals surface area contributed by atoms with Gasteiger partial charge in [0.2, 0.25) is 0 Å². The molecule has 13 heteroatoms. The van der Waals surface area contributed by atoms with Crippen LogP contribution in [0.3, 0.4) is 0 Å². The van der Waals surface area contributed by atoms with Crippen LogP contribution in [0.1, 0.15) is 96.5 Å². The number of rotatable bonds is 6. The van der Waals surface area contributed by atoms with Crippen molar-refractivity contribution in [1.82, 2.24) is 0 Å². The summed E-state index contributed by atoms with van der Waals surface area (Å²) in [6, 6.07) is 7.91. The number of hydrogen-bond donors (Lipinski definition) is 6. The summed E-state index contributed by atoms with van der Waals surface area (Å²) in [4.78, 5) is 49.8. The SMILES string of the molecule is C[C@]12C=CC(=O)C=C1CC[C@@H]1[C@@H]2[C@@H](O)C[C@@]2(C)[C@H]1C[C@@H](O)[C@]2(O)C(=O)CO.C[C@]12C=CC(=O)C=C1CC[C@@H]1[C@@H]2[C@@H](O)C[C@@]2(C)[C@H]1C[C@H]1O[C@@H](c3ccc(CBr)cc3)O[C@]12C(=O)CO. The van der Waals surface area contributed by atoms with Crippen LogP contribution in [0.15, 0.2) is 71.9 Å². The zero-order valence-corrected chi connectivity index (χ0v) is 38.0. The maximum absolute atomic E-state index is 13.5. The lowest BCUT2D eigenvalue weighted by molar-refractivity contribution is -0.201. The Hall–Kier alpha value is -2.98. The molecule has 6 saturated carbocycles. The molecule has 9 aliphatic rings. The molecule has 0 bridgehead atoms. The van der Waals surface area contributed by atoms with Crippen LogP contribution < -0.4 is 0 Å². The summed E-state index contributed by atoms with van der Waals surface area (Å²) in [5, 5.41) is 64.8. The van der Waals surface area contributed by atoms with Crippen LogP contribution in [0, 0.1) is 57.2 Å². The second kappa shape index (κ2) is 15.6. The summed E-state index contributed by atoms with van der Waals surface area (Å²) in [5.41, 5.74) is -1.78. The standard InChI is InChI=1S/C29H33BrO6.C21H28O6/c1-27-10-9-19(32)11-18(27)7-8-20-21-12-24-29(23(34)15-31,28(21,2)13-22(33)25(20)27)36-26(35-24)17-5-3-16(14-30)4-6-17;1-19-6-5-12(23)7-11(19)3-4-13-14-8-16(25)21(27,17(26)10-22)20(14,2)9-15(24)18(13)19/h3-6,9-11,20-22,24-26,31,33H,7-8,12-15H2,1-2H3;5-7,13-16,18,22,24-25,27H,3-4,8-10H2,1-2H3/t20-,21-,22-,24+,25+,26+,27-,28-,29+;13-,14-,15-,16+,18+,19-,20-,21-/m00/s1. The molecule has 8 aliphatic carbocycles. The third-order valence-electron chi connectivity index (χ3n) is 18.5. The minimum absolute atomic E-state index is 0.00826. The number of ketones is 4. The molecule has 63 heavy (non-hydrogen) atoms. The van der Waals surface area contributed by atoms with Crippen molar-refractivity contribution in [2.75, 3.05) is 13.2 Å². The number of aliphatic hydroxyl groups excluding tert-OH is 5. The average molecular weight is 934 g/mol. The number of fused-ring (bicyclic) bond motifs is 12. The van der Waals surface area contributed by atoms with Crippen molar-refractivity contribution in [3.05, 3.63) is 83.0 Å². The molecule has 0 unspecified atom stereocenters. The predicted molar refractivity (Wildman–Crippen MR) is 232 cm³/mol. The van der Waals surface area contributed by atoms with E-state index in [9.17, 15) is 49.8 Å². The Morgan fingerprint density at radius 2 is 1.25 bits per heavy atom. The van der Waals surface area contributed by atoms with Crippen LogP contribution in [0.2, 0.25) is 0 Å². The molecule has 6 N–H and O–H groups in total. The van der Waals surface area contributed by atoms with Crippen molar-refractivity contribution in [1.29, 1.82) is 0 Å². The van der Waals surface area contributed by atoms with Gasteiger partial charge in [0.25, 0.3) is 0 Å². The quantitative estimate of drug-likeness (QED) is 0.215. The zero-order chi connectivity index (χ0) is 45.2. The number of hydrogen-bond acceptors (Lipinski definition) is 12. The number of halogens is 1. The molecular formula is C50H61BrO12. The summed E-state index contributed by atoms with van der Waals surface area (Å²) >= 11 is 3.47. The lowest BCUT2D eigenvalue weighted by Gasteiger charge is -2.59. The van der Waals surface area contributed by atoms with Gasteiger partial charge in [-0.2, -0.15) is 0 Å². The first-order valence-electron chi connectivity index (χ1n) is 22.7. The van der Waals surface area contributed by atoms with Crippen LogP contribution in [0.4, 0.5) is 0 Å². The molecule has 17 atom stereocenters. The maximum Gasteiger partial charge on any atom is 0.193 e. The van der Waals surface area contributed by atoms with E-state index in [1.807, 2.05) is 43.3 Å². The number of alkyl halides is 1. The van der Waals surface area contributed by atoms with E-state index in [1.165, 1.54) is 0 Å². The highest BCUT2D eigenvalue weighted by Crippen LogP contribution is 2.71. The van der Waals surface area contributed by atoms with E-state index in [0.29, 0.717) is 12.8 Å². The van der Waals surface area contributed by atoms with Crippen molar-refractivity contribution < 1.29 is 59.3 Å². The van der Waals surface area contributed by atoms with Crippen LogP contribution in [-0.2, 0) is 34.0 Å². The minimum Gasteiger partial charge on any atom is -0.393 e. The number of carbonyl (C=O) groups is 4. The van der Waals surface area contributed by atoms with Gasteiger partial charge in [0.15, 0.2) is 40.6 Å². The van der Waals surface area contributed by atoms with Crippen molar-refractivity contribution in [3.8, 4) is 0 Å². The Morgan fingerprint density at radius 1 is 0.746 bits per heavy atom. The number of carbonyl (C=O) groups excluding carboxylic acids is 4. The summed E-state index contributed by atoms with van der Waals surface area (Å²) in [7, 11) is 0. The third kappa shape index (κ3) is 6.19. The van der Waals surface area contributed by atoms with E-state index in [1.54, 1.807) is 31.2 Å². The highest BCUT2D eigenvalue weighted by atomic mass is 79.9. The normalized spacial score (nSPS) is 47.6. The number of Topliss-reactive ketones (excluding diaryl/α,β-unsaturated/α-hetero) is 2. The molecule has 1 aromatic carbocycles. The molecule has 1 saturated heterocycles. The van der Waals surface area contributed by atoms with Gasteiger partial charge in [-0.25, -0.2) is 0 Å². The molecule has 0 amide bonds. The number of ether oxygens (including phenoxy) is 2. The second-order valence-corrected chi connectivity index (χ2v) is 21.6. The summed E-state index contributed by atoms with van der Waals surface area (Å²) in [5.74, 6) is -1.26. The van der Waals surface area contributed by atoms with Crippen LogP contribution in [0.25, 0.3) is 0 Å². The lowest BCUT2D eigenvalue weighted by Crippen LogP contribution is -2.63. The van der Waals surface area contributed by atoms with Crippen molar-refractivity contribution in [2.45, 2.75) is 126 Å². The monoisotopic (exact) mass is 932 g/mol. The first-order chi connectivity index (χ1) is 29.8. The molecule has 340 valence electrons. The average Bonchev–Trinajstić information content (AvgIpc) is 3.83. The van der Waals surface area contributed by atoms with Gasteiger partial charge in [0, 0.05) is 44.4 Å². The molecule has 0 aromatic heterocycles. The van der Waals surface area contributed by atoms with Crippen LogP contribution in [-0.4, -0.2) is 103 Å². The Bertz CT molecular complexity index is 2220. The predicted octanol–water partition coefficient (Wildman–Crippen LogP) is 4.71.